The highest BCUT2D eigenvalue weighted by Gasteiger charge is 2.23. The Bertz CT molecular complexity index is 413. The number of ether oxygens (including phenoxy) is 2. The Balaban J connectivity index is 1.80. The van der Waals surface area contributed by atoms with Crippen LogP contribution in [0.15, 0.2) is 24.3 Å². The molecule has 0 unspecified atom stereocenters. The summed E-state index contributed by atoms with van der Waals surface area (Å²) in [6, 6.07) is 9.67. The van der Waals surface area contributed by atoms with Crippen molar-refractivity contribution in [1.82, 2.24) is 0 Å². The van der Waals surface area contributed by atoms with E-state index in [2.05, 4.69) is 13.0 Å². The lowest BCUT2D eigenvalue weighted by Gasteiger charge is -2.29. The van der Waals surface area contributed by atoms with Gasteiger partial charge in [-0.05, 0) is 24.1 Å². The van der Waals surface area contributed by atoms with E-state index >= 15 is 0 Å². The largest absolute Gasteiger partial charge is 0.373 e. The number of benzene rings is 1. The monoisotopic (exact) mass is 259 g/mol. The van der Waals surface area contributed by atoms with Gasteiger partial charge in [0, 0.05) is 0 Å². The van der Waals surface area contributed by atoms with E-state index in [4.69, 9.17) is 14.7 Å². The summed E-state index contributed by atoms with van der Waals surface area (Å²) in [5.74, 6) is 0. The maximum absolute atomic E-state index is 8.77. The van der Waals surface area contributed by atoms with Crippen LogP contribution in [0.3, 0.4) is 0 Å². The van der Waals surface area contributed by atoms with E-state index in [0.717, 1.165) is 12.0 Å². The molecule has 1 heterocycles. The predicted molar refractivity (Wildman–Crippen MR) is 73.7 cm³/mol. The van der Waals surface area contributed by atoms with Crippen molar-refractivity contribution in [3.05, 3.63) is 35.4 Å². The summed E-state index contributed by atoms with van der Waals surface area (Å²) in [5.41, 5.74) is 1.77. The van der Waals surface area contributed by atoms with Gasteiger partial charge >= 0.3 is 0 Å². The van der Waals surface area contributed by atoms with E-state index in [0.29, 0.717) is 18.8 Å². The second kappa shape index (κ2) is 7.28. The molecule has 1 fully saturated rings. The van der Waals surface area contributed by atoms with Gasteiger partial charge in [0.1, 0.15) is 6.10 Å². The fourth-order valence-electron chi connectivity index (χ4n) is 2.30. The van der Waals surface area contributed by atoms with E-state index in [1.807, 2.05) is 24.3 Å². The maximum atomic E-state index is 8.77. The number of nitriles is 1. The van der Waals surface area contributed by atoms with Gasteiger partial charge in [0.05, 0.1) is 31.0 Å². The van der Waals surface area contributed by atoms with Crippen LogP contribution in [0.4, 0.5) is 0 Å². The molecule has 1 aliphatic rings. The molecule has 3 heteroatoms. The van der Waals surface area contributed by atoms with Crippen molar-refractivity contribution in [3.63, 3.8) is 0 Å². The quantitative estimate of drug-likeness (QED) is 0.759. The van der Waals surface area contributed by atoms with Gasteiger partial charge in [-0.25, -0.2) is 0 Å². The summed E-state index contributed by atoms with van der Waals surface area (Å²) >= 11 is 0. The highest BCUT2D eigenvalue weighted by Crippen LogP contribution is 2.24. The molecule has 2 atom stereocenters. The third kappa shape index (κ3) is 4.05. The summed E-state index contributed by atoms with van der Waals surface area (Å²) in [4.78, 5) is 0. The van der Waals surface area contributed by atoms with Crippen LogP contribution in [0.25, 0.3) is 0 Å². The molecule has 0 aliphatic carbocycles. The zero-order chi connectivity index (χ0) is 13.5. The van der Waals surface area contributed by atoms with Crippen molar-refractivity contribution in [2.75, 3.05) is 13.2 Å². The summed E-state index contributed by atoms with van der Waals surface area (Å²) in [6.45, 7) is 3.50. The SMILES string of the molecule is CCCCC[C@@H]1CO[C@@H](c2ccc(C#N)cc2)CO1. The van der Waals surface area contributed by atoms with Crippen LogP contribution >= 0.6 is 0 Å². The molecule has 0 aromatic heterocycles. The molecular weight excluding hydrogens is 238 g/mol. The molecule has 0 amide bonds. The Kier molecular flexibility index (Phi) is 5.38. The van der Waals surface area contributed by atoms with Crippen LogP contribution in [-0.4, -0.2) is 19.3 Å². The molecule has 2 rings (SSSR count). The van der Waals surface area contributed by atoms with Crippen molar-refractivity contribution >= 4 is 0 Å². The molecule has 19 heavy (non-hydrogen) atoms. The van der Waals surface area contributed by atoms with E-state index in [1.165, 1.54) is 19.3 Å². The molecule has 102 valence electrons. The van der Waals surface area contributed by atoms with Crippen molar-refractivity contribution < 1.29 is 9.47 Å². The minimum Gasteiger partial charge on any atom is -0.373 e. The predicted octanol–water partition coefficient (Wildman–Crippen LogP) is 3.60. The van der Waals surface area contributed by atoms with E-state index in [9.17, 15) is 0 Å². The van der Waals surface area contributed by atoms with Gasteiger partial charge in [0.25, 0.3) is 0 Å². The Morgan fingerprint density at radius 1 is 1.16 bits per heavy atom. The zero-order valence-electron chi connectivity index (χ0n) is 11.5. The molecule has 1 aromatic carbocycles. The molecule has 1 saturated heterocycles. The molecule has 0 spiro atoms. The highest BCUT2D eigenvalue weighted by atomic mass is 16.6. The lowest BCUT2D eigenvalue weighted by Crippen LogP contribution is -2.31. The number of hydrogen-bond acceptors (Lipinski definition) is 3. The van der Waals surface area contributed by atoms with Gasteiger partial charge in [-0.2, -0.15) is 5.26 Å². The summed E-state index contributed by atoms with van der Waals surface area (Å²) in [6.07, 6.45) is 5.07. The Morgan fingerprint density at radius 2 is 1.95 bits per heavy atom. The Labute approximate surface area is 115 Å². The highest BCUT2D eigenvalue weighted by molar-refractivity contribution is 5.32. The molecule has 0 N–H and O–H groups in total. The zero-order valence-corrected chi connectivity index (χ0v) is 11.5. The van der Waals surface area contributed by atoms with Crippen LogP contribution in [0.5, 0.6) is 0 Å². The van der Waals surface area contributed by atoms with Gasteiger partial charge in [0.15, 0.2) is 0 Å². The third-order valence-electron chi connectivity index (χ3n) is 3.51. The standard InChI is InChI=1S/C16H21NO2/c1-2-3-4-5-15-11-19-16(12-18-15)14-8-6-13(10-17)7-9-14/h6-9,15-16H,2-5,11-12H2,1H3/t15-,16-/m1/s1. The molecule has 0 radical (unpaired) electrons. The van der Waals surface area contributed by atoms with Crippen LogP contribution in [0.1, 0.15) is 49.8 Å². The normalized spacial score (nSPS) is 22.9. The number of unbranched alkanes of at least 4 members (excludes halogenated alkanes) is 2. The first-order valence-corrected chi connectivity index (χ1v) is 7.06. The Morgan fingerprint density at radius 3 is 2.53 bits per heavy atom. The average Bonchev–Trinajstić information content (AvgIpc) is 2.48. The van der Waals surface area contributed by atoms with E-state index < -0.39 is 0 Å². The van der Waals surface area contributed by atoms with Crippen molar-refractivity contribution in [2.24, 2.45) is 0 Å². The lowest BCUT2D eigenvalue weighted by molar-refractivity contribution is -0.137. The lowest BCUT2D eigenvalue weighted by atomic mass is 10.1. The minimum absolute atomic E-state index is 0.00941. The third-order valence-corrected chi connectivity index (χ3v) is 3.51. The molecule has 1 aliphatic heterocycles. The molecular formula is C16H21NO2. The van der Waals surface area contributed by atoms with E-state index in [-0.39, 0.29) is 12.2 Å². The molecule has 3 nitrogen and oxygen atoms in total. The number of hydrogen-bond donors (Lipinski definition) is 0. The Hall–Kier alpha value is -1.37. The second-order valence-electron chi connectivity index (χ2n) is 5.01. The maximum Gasteiger partial charge on any atom is 0.106 e. The first-order valence-electron chi connectivity index (χ1n) is 7.06. The minimum atomic E-state index is 0.00941. The number of rotatable bonds is 5. The topological polar surface area (TPSA) is 42.2 Å². The van der Waals surface area contributed by atoms with Crippen LogP contribution < -0.4 is 0 Å². The van der Waals surface area contributed by atoms with Crippen molar-refractivity contribution in [1.29, 1.82) is 5.26 Å². The second-order valence-corrected chi connectivity index (χ2v) is 5.01. The molecule has 0 bridgehead atoms. The van der Waals surface area contributed by atoms with Crippen LogP contribution in [0.2, 0.25) is 0 Å². The summed E-state index contributed by atoms with van der Waals surface area (Å²) in [7, 11) is 0. The van der Waals surface area contributed by atoms with Crippen molar-refractivity contribution in [2.45, 2.75) is 44.8 Å². The van der Waals surface area contributed by atoms with Gasteiger partial charge in [0.2, 0.25) is 0 Å². The summed E-state index contributed by atoms with van der Waals surface area (Å²) in [5, 5.41) is 8.77. The van der Waals surface area contributed by atoms with Crippen molar-refractivity contribution in [3.8, 4) is 6.07 Å². The molecule has 0 saturated carbocycles. The average molecular weight is 259 g/mol. The smallest absolute Gasteiger partial charge is 0.106 e. The van der Waals surface area contributed by atoms with E-state index in [1.54, 1.807) is 0 Å². The number of nitrogens with zero attached hydrogens (tertiary/aromatic N) is 1. The van der Waals surface area contributed by atoms with Gasteiger partial charge in [-0.3, -0.25) is 0 Å². The van der Waals surface area contributed by atoms with Crippen LogP contribution in [0, 0.1) is 11.3 Å². The first-order chi connectivity index (χ1) is 9.33. The van der Waals surface area contributed by atoms with Gasteiger partial charge < -0.3 is 9.47 Å². The fourth-order valence-corrected chi connectivity index (χ4v) is 2.30. The molecule has 1 aromatic rings. The van der Waals surface area contributed by atoms with Gasteiger partial charge in [-0.1, -0.05) is 38.3 Å². The van der Waals surface area contributed by atoms with Gasteiger partial charge in [-0.15, -0.1) is 0 Å². The summed E-state index contributed by atoms with van der Waals surface area (Å²) < 4.78 is 11.7. The first kappa shape index (κ1) is 14.0. The van der Waals surface area contributed by atoms with Crippen LogP contribution in [-0.2, 0) is 9.47 Å². The fraction of sp³-hybridized carbons (Fsp3) is 0.562.